The van der Waals surface area contributed by atoms with Crippen molar-refractivity contribution in [3.05, 3.63) is 35.9 Å². The molecule has 0 aliphatic carbocycles. The zero-order valence-electron chi connectivity index (χ0n) is 10.7. The monoisotopic (exact) mass is 250 g/mol. The third-order valence-electron chi connectivity index (χ3n) is 2.52. The van der Waals surface area contributed by atoms with Crippen LogP contribution in [-0.2, 0) is 16.1 Å². The average molecular weight is 250 g/mol. The highest BCUT2D eigenvalue weighted by atomic mass is 16.5. The van der Waals surface area contributed by atoms with Crippen LogP contribution in [0.5, 0.6) is 0 Å². The van der Waals surface area contributed by atoms with Crippen molar-refractivity contribution in [3.63, 3.8) is 0 Å². The molecule has 0 fully saturated rings. The van der Waals surface area contributed by atoms with Crippen LogP contribution in [0.25, 0.3) is 0 Å². The highest BCUT2D eigenvalue weighted by Crippen LogP contribution is 2.04. The number of nitrogens with zero attached hydrogens (tertiary/aromatic N) is 1. The molecule has 0 atom stereocenters. The average Bonchev–Trinajstić information content (AvgIpc) is 2.42. The summed E-state index contributed by atoms with van der Waals surface area (Å²) in [5.74, 6) is -0.133. The van der Waals surface area contributed by atoms with Crippen molar-refractivity contribution in [2.45, 2.75) is 13.5 Å². The predicted octanol–water partition coefficient (Wildman–Crippen LogP) is 1.39. The lowest BCUT2D eigenvalue weighted by Crippen LogP contribution is -2.39. The number of nitrogens with one attached hydrogen (secondary N) is 1. The molecule has 2 amide bonds. The van der Waals surface area contributed by atoms with E-state index in [0.717, 1.165) is 5.56 Å². The van der Waals surface area contributed by atoms with E-state index in [2.05, 4.69) is 10.1 Å². The van der Waals surface area contributed by atoms with Gasteiger partial charge in [-0.25, -0.2) is 4.79 Å². The second kappa shape index (κ2) is 7.32. The van der Waals surface area contributed by atoms with Crippen molar-refractivity contribution in [2.24, 2.45) is 0 Å². The number of methoxy groups -OCH3 is 1. The first-order valence-corrected chi connectivity index (χ1v) is 5.81. The van der Waals surface area contributed by atoms with Crippen LogP contribution < -0.4 is 5.32 Å². The molecule has 0 spiro atoms. The SMILES string of the molecule is CCN(Cc1ccccc1)C(=O)CNC(=O)OC. The topological polar surface area (TPSA) is 58.6 Å². The normalized spacial score (nSPS) is 9.67. The molecule has 0 aliphatic heterocycles. The molecule has 0 aromatic heterocycles. The minimum absolute atomic E-state index is 0.0483. The number of carbonyl (C=O) groups excluding carboxylic acids is 2. The summed E-state index contributed by atoms with van der Waals surface area (Å²) in [5.41, 5.74) is 1.06. The second-order valence-electron chi connectivity index (χ2n) is 3.74. The van der Waals surface area contributed by atoms with Crippen LogP contribution in [-0.4, -0.2) is 37.1 Å². The number of rotatable bonds is 5. The van der Waals surface area contributed by atoms with E-state index in [1.54, 1.807) is 4.90 Å². The Labute approximate surface area is 107 Å². The predicted molar refractivity (Wildman–Crippen MR) is 67.9 cm³/mol. The van der Waals surface area contributed by atoms with E-state index in [0.29, 0.717) is 13.1 Å². The maximum absolute atomic E-state index is 11.9. The molecule has 1 aromatic rings. The van der Waals surface area contributed by atoms with E-state index in [1.165, 1.54) is 7.11 Å². The van der Waals surface area contributed by atoms with Crippen LogP contribution in [0.15, 0.2) is 30.3 Å². The molecule has 0 bridgehead atoms. The summed E-state index contributed by atoms with van der Waals surface area (Å²) in [6.45, 7) is 2.99. The van der Waals surface area contributed by atoms with E-state index in [-0.39, 0.29) is 12.5 Å². The summed E-state index contributed by atoms with van der Waals surface area (Å²) in [5, 5.41) is 2.38. The fourth-order valence-electron chi connectivity index (χ4n) is 1.51. The summed E-state index contributed by atoms with van der Waals surface area (Å²) in [6.07, 6.45) is -0.598. The van der Waals surface area contributed by atoms with Gasteiger partial charge in [0, 0.05) is 13.1 Å². The maximum atomic E-state index is 11.9. The van der Waals surface area contributed by atoms with E-state index in [9.17, 15) is 9.59 Å². The van der Waals surface area contributed by atoms with Crippen molar-refractivity contribution >= 4 is 12.0 Å². The van der Waals surface area contributed by atoms with Gasteiger partial charge in [-0.1, -0.05) is 30.3 Å². The van der Waals surface area contributed by atoms with Crippen molar-refractivity contribution in [1.29, 1.82) is 0 Å². The summed E-state index contributed by atoms with van der Waals surface area (Å²) >= 11 is 0. The molecule has 0 saturated heterocycles. The van der Waals surface area contributed by atoms with Gasteiger partial charge in [-0.15, -0.1) is 0 Å². The lowest BCUT2D eigenvalue weighted by atomic mass is 10.2. The Hall–Kier alpha value is -2.04. The maximum Gasteiger partial charge on any atom is 0.407 e. The number of carbonyl (C=O) groups is 2. The van der Waals surface area contributed by atoms with Gasteiger partial charge in [-0.3, -0.25) is 4.79 Å². The van der Waals surface area contributed by atoms with Crippen LogP contribution in [0.3, 0.4) is 0 Å². The zero-order valence-corrected chi connectivity index (χ0v) is 10.7. The van der Waals surface area contributed by atoms with Gasteiger partial charge in [0.15, 0.2) is 0 Å². The third kappa shape index (κ3) is 4.45. The number of hydrogen-bond acceptors (Lipinski definition) is 3. The molecule has 1 rings (SSSR count). The molecule has 0 saturated carbocycles. The molecule has 0 aliphatic rings. The summed E-state index contributed by atoms with van der Waals surface area (Å²) in [7, 11) is 1.27. The minimum Gasteiger partial charge on any atom is -0.453 e. The Bertz CT molecular complexity index is 392. The van der Waals surface area contributed by atoms with E-state index in [4.69, 9.17) is 0 Å². The fraction of sp³-hybridized carbons (Fsp3) is 0.385. The van der Waals surface area contributed by atoms with E-state index >= 15 is 0 Å². The van der Waals surface area contributed by atoms with Gasteiger partial charge in [0.2, 0.25) is 5.91 Å². The molecule has 1 N–H and O–H groups in total. The largest absolute Gasteiger partial charge is 0.453 e. The van der Waals surface area contributed by atoms with Crippen LogP contribution >= 0.6 is 0 Å². The van der Waals surface area contributed by atoms with Gasteiger partial charge in [-0.2, -0.15) is 0 Å². The smallest absolute Gasteiger partial charge is 0.407 e. The number of likely N-dealkylation sites (N-methyl/N-ethyl adjacent to an activating group) is 1. The minimum atomic E-state index is -0.598. The van der Waals surface area contributed by atoms with Gasteiger partial charge in [0.25, 0.3) is 0 Å². The Balaban J connectivity index is 2.50. The van der Waals surface area contributed by atoms with Crippen LogP contribution in [0.2, 0.25) is 0 Å². The molecular weight excluding hydrogens is 232 g/mol. The fourth-order valence-corrected chi connectivity index (χ4v) is 1.51. The van der Waals surface area contributed by atoms with Crippen molar-refractivity contribution in [2.75, 3.05) is 20.2 Å². The van der Waals surface area contributed by atoms with Gasteiger partial charge >= 0.3 is 6.09 Å². The van der Waals surface area contributed by atoms with Gasteiger partial charge < -0.3 is 15.0 Å². The first kappa shape index (κ1) is 14.0. The Morgan fingerprint density at radius 1 is 1.28 bits per heavy atom. The zero-order chi connectivity index (χ0) is 13.4. The highest BCUT2D eigenvalue weighted by Gasteiger charge is 2.13. The first-order valence-electron chi connectivity index (χ1n) is 5.81. The Morgan fingerprint density at radius 2 is 1.94 bits per heavy atom. The molecule has 0 radical (unpaired) electrons. The van der Waals surface area contributed by atoms with Crippen molar-refractivity contribution < 1.29 is 14.3 Å². The highest BCUT2D eigenvalue weighted by molar-refractivity contribution is 5.82. The Morgan fingerprint density at radius 3 is 2.50 bits per heavy atom. The molecule has 5 nitrogen and oxygen atoms in total. The molecular formula is C13H18N2O3. The lowest BCUT2D eigenvalue weighted by molar-refractivity contribution is -0.130. The number of hydrogen-bond donors (Lipinski definition) is 1. The summed E-state index contributed by atoms with van der Waals surface area (Å²) in [4.78, 5) is 24.4. The number of amides is 2. The molecule has 18 heavy (non-hydrogen) atoms. The molecule has 5 heteroatoms. The molecule has 0 unspecified atom stereocenters. The third-order valence-corrected chi connectivity index (χ3v) is 2.52. The molecule has 98 valence electrons. The van der Waals surface area contributed by atoms with Crippen molar-refractivity contribution in [1.82, 2.24) is 10.2 Å². The lowest BCUT2D eigenvalue weighted by Gasteiger charge is -2.21. The standard InChI is InChI=1S/C13H18N2O3/c1-3-15(10-11-7-5-4-6-8-11)12(16)9-14-13(17)18-2/h4-8H,3,9-10H2,1-2H3,(H,14,17). The van der Waals surface area contributed by atoms with Crippen LogP contribution in [0.1, 0.15) is 12.5 Å². The molecule has 1 aromatic carbocycles. The van der Waals surface area contributed by atoms with Gasteiger partial charge in [-0.05, 0) is 12.5 Å². The van der Waals surface area contributed by atoms with E-state index in [1.807, 2.05) is 37.3 Å². The Kier molecular flexibility index (Phi) is 5.70. The van der Waals surface area contributed by atoms with E-state index < -0.39 is 6.09 Å². The van der Waals surface area contributed by atoms with Crippen LogP contribution in [0, 0.1) is 0 Å². The first-order chi connectivity index (χ1) is 8.67. The second-order valence-corrected chi connectivity index (χ2v) is 3.74. The van der Waals surface area contributed by atoms with Crippen molar-refractivity contribution in [3.8, 4) is 0 Å². The quantitative estimate of drug-likeness (QED) is 0.859. The summed E-state index contributed by atoms with van der Waals surface area (Å²) < 4.78 is 4.41. The number of alkyl carbamates (subject to hydrolysis) is 1. The summed E-state index contributed by atoms with van der Waals surface area (Å²) in [6, 6.07) is 9.72. The number of ether oxygens (including phenoxy) is 1. The number of benzene rings is 1. The van der Waals surface area contributed by atoms with Gasteiger partial charge in [0.05, 0.1) is 7.11 Å². The van der Waals surface area contributed by atoms with Crippen LogP contribution in [0.4, 0.5) is 4.79 Å². The van der Waals surface area contributed by atoms with Gasteiger partial charge in [0.1, 0.15) is 6.54 Å². The molecule has 0 heterocycles.